The molecule has 3 N–H and O–H groups in total. The van der Waals surface area contributed by atoms with Gasteiger partial charge in [0.05, 0.1) is 28.8 Å². The predicted molar refractivity (Wildman–Crippen MR) is 146 cm³/mol. The largest absolute Gasteiger partial charge is 0.391 e. The Labute approximate surface area is 232 Å². The molecule has 0 bridgehead atoms. The molecule has 2 aromatic carbocycles. The maximum Gasteiger partial charge on any atom is 0.261 e. The van der Waals surface area contributed by atoms with Gasteiger partial charge in [-0.3, -0.25) is 14.3 Å². The molecule has 0 radical (unpaired) electrons. The summed E-state index contributed by atoms with van der Waals surface area (Å²) < 4.78 is 29.7. The van der Waals surface area contributed by atoms with Crippen LogP contribution in [0, 0.1) is 16.7 Å². The van der Waals surface area contributed by atoms with Crippen LogP contribution in [-0.4, -0.2) is 71.0 Å². The first-order valence-corrected chi connectivity index (χ1v) is 14.1. The Kier molecular flexibility index (Phi) is 7.95. The van der Waals surface area contributed by atoms with E-state index in [4.69, 9.17) is 5.26 Å². The summed E-state index contributed by atoms with van der Waals surface area (Å²) >= 11 is 0. The molecule has 210 valence electrons. The summed E-state index contributed by atoms with van der Waals surface area (Å²) in [6, 6.07) is 12.5. The third kappa shape index (κ3) is 5.98. The van der Waals surface area contributed by atoms with E-state index in [1.165, 1.54) is 40.9 Å². The minimum Gasteiger partial charge on any atom is -0.391 e. The number of likely N-dealkylation sites (N-methyl/N-ethyl adjacent to an activating group) is 1. The molecule has 2 heterocycles. The molecule has 1 aliphatic heterocycles. The van der Waals surface area contributed by atoms with Crippen LogP contribution < -0.4 is 10.0 Å². The number of carbonyl (C=O) groups is 2. The van der Waals surface area contributed by atoms with Crippen LogP contribution in [0.5, 0.6) is 0 Å². The fourth-order valence-electron chi connectivity index (χ4n) is 4.71. The van der Waals surface area contributed by atoms with E-state index in [1.807, 2.05) is 26.8 Å². The zero-order chi connectivity index (χ0) is 29.2. The standard InChI is InChI=1S/C27H31N7O5S/c1-27(2,3)24(26(37)33-15-20(35)13-23(33)25(36)29-4)34-16-22(30-32-34)18-6-5-7-19(12-18)31-40(38,39)21-10-8-17(14-28)9-11-21/h5-12,16,20,23-24,31,35H,13,15H2,1-4H3,(H,29,36)/t20?,23-,24?/m1/s1. The van der Waals surface area contributed by atoms with Crippen LogP contribution >= 0.6 is 0 Å². The highest BCUT2D eigenvalue weighted by atomic mass is 32.2. The smallest absolute Gasteiger partial charge is 0.261 e. The highest BCUT2D eigenvalue weighted by Crippen LogP contribution is 2.35. The molecule has 2 amide bonds. The van der Waals surface area contributed by atoms with Gasteiger partial charge in [-0.25, -0.2) is 13.1 Å². The number of amides is 2. The van der Waals surface area contributed by atoms with Gasteiger partial charge in [-0.05, 0) is 41.8 Å². The number of aliphatic hydroxyl groups is 1. The summed E-state index contributed by atoms with van der Waals surface area (Å²) in [7, 11) is -2.42. The van der Waals surface area contributed by atoms with Crippen molar-refractivity contribution >= 4 is 27.5 Å². The second kappa shape index (κ2) is 11.1. The number of anilines is 1. The molecule has 1 aliphatic rings. The average Bonchev–Trinajstić information content (AvgIpc) is 3.54. The third-order valence-electron chi connectivity index (χ3n) is 6.64. The van der Waals surface area contributed by atoms with E-state index in [0.717, 1.165) is 0 Å². The number of nitriles is 1. The van der Waals surface area contributed by atoms with Crippen LogP contribution in [0.25, 0.3) is 11.3 Å². The van der Waals surface area contributed by atoms with Crippen molar-refractivity contribution in [2.75, 3.05) is 18.3 Å². The van der Waals surface area contributed by atoms with Crippen molar-refractivity contribution in [2.45, 2.75) is 50.3 Å². The monoisotopic (exact) mass is 565 g/mol. The van der Waals surface area contributed by atoms with Crippen molar-refractivity contribution in [1.29, 1.82) is 5.26 Å². The fourth-order valence-corrected chi connectivity index (χ4v) is 5.76. The molecule has 3 atom stereocenters. The number of carbonyl (C=O) groups excluding carboxylic acids is 2. The lowest BCUT2D eigenvalue weighted by molar-refractivity contribution is -0.144. The maximum atomic E-state index is 13.8. The van der Waals surface area contributed by atoms with E-state index < -0.39 is 33.6 Å². The van der Waals surface area contributed by atoms with E-state index in [2.05, 4.69) is 20.4 Å². The molecule has 1 fully saturated rings. The number of nitrogens with zero attached hydrogens (tertiary/aromatic N) is 5. The number of β-amino-alcohol motifs (C(OH)–C–C–N with tert-alkyl or cyclic N) is 1. The lowest BCUT2D eigenvalue weighted by Gasteiger charge is -2.34. The quantitative estimate of drug-likeness (QED) is 0.390. The Morgan fingerprint density at radius 1 is 1.18 bits per heavy atom. The number of hydrogen-bond acceptors (Lipinski definition) is 8. The summed E-state index contributed by atoms with van der Waals surface area (Å²) in [5.41, 5.74) is 0.985. The molecule has 0 spiro atoms. The number of aromatic nitrogens is 3. The molecule has 1 aromatic heterocycles. The summed E-state index contributed by atoms with van der Waals surface area (Å²) in [4.78, 5) is 27.6. The van der Waals surface area contributed by atoms with Crippen LogP contribution in [0.1, 0.15) is 38.8 Å². The summed E-state index contributed by atoms with van der Waals surface area (Å²) in [5.74, 6) is -0.713. The topological polar surface area (TPSA) is 170 Å². The van der Waals surface area contributed by atoms with E-state index in [0.29, 0.717) is 22.5 Å². The van der Waals surface area contributed by atoms with E-state index in [1.54, 1.807) is 30.5 Å². The Bertz CT molecular complexity index is 1550. The van der Waals surface area contributed by atoms with Gasteiger partial charge in [0, 0.05) is 31.3 Å². The van der Waals surface area contributed by atoms with Crippen LogP contribution in [0.3, 0.4) is 0 Å². The van der Waals surface area contributed by atoms with Gasteiger partial charge in [0.2, 0.25) is 11.8 Å². The molecule has 1 saturated heterocycles. The number of likely N-dealkylation sites (tertiary alicyclic amines) is 1. The second-order valence-corrected chi connectivity index (χ2v) is 12.4. The van der Waals surface area contributed by atoms with Crippen LogP contribution in [0.2, 0.25) is 0 Å². The van der Waals surface area contributed by atoms with Crippen molar-refractivity contribution in [3.8, 4) is 17.3 Å². The maximum absolute atomic E-state index is 13.8. The first-order chi connectivity index (χ1) is 18.8. The van der Waals surface area contributed by atoms with Gasteiger partial charge in [0.25, 0.3) is 10.0 Å². The normalized spacial score (nSPS) is 18.1. The summed E-state index contributed by atoms with van der Waals surface area (Å²) in [6.07, 6.45) is 0.938. The SMILES string of the molecule is CNC(=O)[C@H]1CC(O)CN1C(=O)C(n1cc(-c2cccc(NS(=O)(=O)c3ccc(C#N)cc3)c2)nn1)C(C)(C)C. The number of rotatable bonds is 7. The molecule has 12 nitrogen and oxygen atoms in total. The Morgan fingerprint density at radius 2 is 1.88 bits per heavy atom. The first-order valence-electron chi connectivity index (χ1n) is 12.6. The number of benzene rings is 2. The lowest BCUT2D eigenvalue weighted by Crippen LogP contribution is -2.49. The van der Waals surface area contributed by atoms with Gasteiger partial charge < -0.3 is 15.3 Å². The van der Waals surface area contributed by atoms with Gasteiger partial charge in [0.15, 0.2) is 0 Å². The van der Waals surface area contributed by atoms with E-state index in [9.17, 15) is 23.1 Å². The van der Waals surface area contributed by atoms with Gasteiger partial charge in [-0.15, -0.1) is 5.10 Å². The Hall–Kier alpha value is -4.28. The van der Waals surface area contributed by atoms with Crippen molar-refractivity contribution in [1.82, 2.24) is 25.2 Å². The highest BCUT2D eigenvalue weighted by molar-refractivity contribution is 7.92. The highest BCUT2D eigenvalue weighted by Gasteiger charge is 2.45. The van der Waals surface area contributed by atoms with E-state index in [-0.39, 0.29) is 29.7 Å². The van der Waals surface area contributed by atoms with Crippen molar-refractivity contribution in [2.24, 2.45) is 5.41 Å². The minimum absolute atomic E-state index is 0.0106. The molecular formula is C27H31N7O5S. The van der Waals surface area contributed by atoms with E-state index >= 15 is 0 Å². The molecule has 3 aromatic rings. The molecule has 40 heavy (non-hydrogen) atoms. The second-order valence-electron chi connectivity index (χ2n) is 10.7. The number of hydrogen-bond donors (Lipinski definition) is 3. The molecule has 4 rings (SSSR count). The molecule has 0 aliphatic carbocycles. The Morgan fingerprint density at radius 3 is 2.50 bits per heavy atom. The number of nitrogens with one attached hydrogen (secondary N) is 2. The van der Waals surface area contributed by atoms with Gasteiger partial charge >= 0.3 is 0 Å². The Balaban J connectivity index is 1.60. The van der Waals surface area contributed by atoms with Crippen LogP contribution in [-0.2, 0) is 19.6 Å². The van der Waals surface area contributed by atoms with Crippen LogP contribution in [0.4, 0.5) is 5.69 Å². The van der Waals surface area contributed by atoms with Gasteiger partial charge in [0.1, 0.15) is 17.8 Å². The van der Waals surface area contributed by atoms with Gasteiger partial charge in [-0.2, -0.15) is 5.26 Å². The zero-order valence-corrected chi connectivity index (χ0v) is 23.4. The van der Waals surface area contributed by atoms with Crippen LogP contribution in [0.15, 0.2) is 59.6 Å². The number of aliphatic hydroxyl groups excluding tert-OH is 1. The zero-order valence-electron chi connectivity index (χ0n) is 22.6. The first kappa shape index (κ1) is 28.7. The van der Waals surface area contributed by atoms with Crippen molar-refractivity contribution in [3.63, 3.8) is 0 Å². The third-order valence-corrected chi connectivity index (χ3v) is 8.04. The molecule has 2 unspecified atom stereocenters. The fraction of sp³-hybridized carbons (Fsp3) is 0.370. The number of sulfonamides is 1. The summed E-state index contributed by atoms with van der Waals surface area (Å²) in [6.45, 7) is 5.65. The predicted octanol–water partition coefficient (Wildman–Crippen LogP) is 1.91. The van der Waals surface area contributed by atoms with Crippen molar-refractivity contribution < 1.29 is 23.1 Å². The summed E-state index contributed by atoms with van der Waals surface area (Å²) in [5, 5.41) is 30.2. The molecule has 0 saturated carbocycles. The van der Waals surface area contributed by atoms with Crippen molar-refractivity contribution in [3.05, 3.63) is 60.3 Å². The molecular weight excluding hydrogens is 534 g/mol. The average molecular weight is 566 g/mol. The lowest BCUT2D eigenvalue weighted by atomic mass is 9.85. The minimum atomic E-state index is -3.91. The molecule has 13 heteroatoms. The van der Waals surface area contributed by atoms with Gasteiger partial charge in [-0.1, -0.05) is 38.1 Å².